The Balaban J connectivity index is 1.70. The lowest BCUT2D eigenvalue weighted by Gasteiger charge is -2.30. The van der Waals surface area contributed by atoms with Crippen LogP contribution in [0.1, 0.15) is 17.2 Å². The highest BCUT2D eigenvalue weighted by Crippen LogP contribution is 2.42. The van der Waals surface area contributed by atoms with E-state index in [9.17, 15) is 5.11 Å². The van der Waals surface area contributed by atoms with Crippen LogP contribution in [0.2, 0.25) is 0 Å². The Hall–Kier alpha value is -2.04. The molecule has 0 bridgehead atoms. The van der Waals surface area contributed by atoms with Gasteiger partial charge in [0.25, 0.3) is 0 Å². The second kappa shape index (κ2) is 7.46. The molecule has 128 valence electrons. The van der Waals surface area contributed by atoms with Gasteiger partial charge in [-0.25, -0.2) is 0 Å². The Labute approximate surface area is 153 Å². The summed E-state index contributed by atoms with van der Waals surface area (Å²) < 4.78 is 0. The molecule has 2 atom stereocenters. The zero-order valence-corrected chi connectivity index (χ0v) is 14.9. The molecule has 2 aromatic rings. The summed E-state index contributed by atoms with van der Waals surface area (Å²) in [4.78, 5) is 0. The van der Waals surface area contributed by atoms with Crippen molar-refractivity contribution in [2.45, 2.75) is 6.04 Å². The Bertz CT molecular complexity index is 773. The van der Waals surface area contributed by atoms with Crippen LogP contribution >= 0.6 is 11.8 Å². The van der Waals surface area contributed by atoms with Crippen molar-refractivity contribution in [3.05, 3.63) is 77.4 Å². The van der Waals surface area contributed by atoms with E-state index in [1.807, 2.05) is 23.9 Å². The van der Waals surface area contributed by atoms with Gasteiger partial charge in [-0.05, 0) is 22.8 Å². The second-order valence-electron chi connectivity index (χ2n) is 6.43. The van der Waals surface area contributed by atoms with Gasteiger partial charge in [0.2, 0.25) is 0 Å². The minimum absolute atomic E-state index is 0.123. The van der Waals surface area contributed by atoms with E-state index >= 15 is 0 Å². The van der Waals surface area contributed by atoms with Gasteiger partial charge in [-0.15, -0.1) is 0 Å². The van der Waals surface area contributed by atoms with E-state index in [1.54, 1.807) is 0 Å². The Kier molecular flexibility index (Phi) is 4.90. The van der Waals surface area contributed by atoms with Crippen LogP contribution in [0.15, 0.2) is 71.3 Å². The lowest BCUT2D eigenvalue weighted by atomic mass is 9.87. The molecule has 0 aliphatic carbocycles. The molecule has 3 nitrogen and oxygen atoms in total. The fourth-order valence-corrected chi connectivity index (χ4v) is 4.85. The van der Waals surface area contributed by atoms with Crippen molar-refractivity contribution in [1.82, 2.24) is 5.01 Å². The van der Waals surface area contributed by atoms with Crippen LogP contribution in [0.25, 0.3) is 6.08 Å². The molecule has 1 N–H and O–H groups in total. The number of benzene rings is 2. The molecule has 0 spiro atoms. The molecule has 2 heterocycles. The van der Waals surface area contributed by atoms with E-state index in [1.165, 1.54) is 22.4 Å². The van der Waals surface area contributed by atoms with Crippen LogP contribution < -0.4 is 0 Å². The lowest BCUT2D eigenvalue weighted by Crippen LogP contribution is -2.31. The number of hydrazone groups is 1. The first-order valence-corrected chi connectivity index (χ1v) is 9.87. The number of aliphatic hydroxyl groups is 1. The van der Waals surface area contributed by atoms with Crippen molar-refractivity contribution in [1.29, 1.82) is 0 Å². The smallest absolute Gasteiger partial charge is 0.0813 e. The number of aliphatic hydroxyl groups excluding tert-OH is 1. The maximum atomic E-state index is 9.50. The summed E-state index contributed by atoms with van der Waals surface area (Å²) in [5.41, 5.74) is 5.01. The predicted molar refractivity (Wildman–Crippen MR) is 106 cm³/mol. The minimum Gasteiger partial charge on any atom is -0.394 e. The van der Waals surface area contributed by atoms with E-state index in [0.717, 1.165) is 11.5 Å². The highest BCUT2D eigenvalue weighted by atomic mass is 32.2. The molecule has 4 rings (SSSR count). The van der Waals surface area contributed by atoms with Gasteiger partial charge in [0.15, 0.2) is 0 Å². The molecule has 0 amide bonds. The summed E-state index contributed by atoms with van der Waals surface area (Å²) in [5, 5.41) is 16.5. The van der Waals surface area contributed by atoms with Crippen LogP contribution in [-0.4, -0.2) is 40.5 Å². The molecule has 0 radical (unpaired) electrons. The van der Waals surface area contributed by atoms with Crippen LogP contribution in [0.5, 0.6) is 0 Å². The van der Waals surface area contributed by atoms with Gasteiger partial charge in [0.05, 0.1) is 24.9 Å². The van der Waals surface area contributed by atoms with Gasteiger partial charge < -0.3 is 5.11 Å². The summed E-state index contributed by atoms with van der Waals surface area (Å²) in [6, 6.07) is 21.2. The van der Waals surface area contributed by atoms with E-state index in [-0.39, 0.29) is 12.6 Å². The number of nitrogens with zero attached hydrogens (tertiary/aromatic N) is 2. The van der Waals surface area contributed by atoms with E-state index in [0.29, 0.717) is 12.5 Å². The number of β-amino-alcohol motifs (C(OH)–C–C–N with tert-alkyl or cyclic N) is 1. The number of rotatable bonds is 4. The third kappa shape index (κ3) is 3.37. The fraction of sp³-hybridized carbons (Fsp3) is 0.286. The predicted octanol–water partition coefficient (Wildman–Crippen LogP) is 3.84. The maximum absolute atomic E-state index is 9.50. The molecule has 2 aromatic carbocycles. The molecule has 2 aliphatic rings. The third-order valence-corrected chi connectivity index (χ3v) is 5.89. The van der Waals surface area contributed by atoms with E-state index in [2.05, 4.69) is 59.6 Å². The molecule has 25 heavy (non-hydrogen) atoms. The largest absolute Gasteiger partial charge is 0.394 e. The van der Waals surface area contributed by atoms with Gasteiger partial charge in [-0.1, -0.05) is 60.7 Å². The molecular weight excluding hydrogens is 328 g/mol. The SMILES string of the molecule is OCCN1N=C2C(=Cc3ccccc3)CSCC2C1c1ccccc1. The van der Waals surface area contributed by atoms with Crippen LogP contribution in [-0.2, 0) is 0 Å². The zero-order valence-electron chi connectivity index (χ0n) is 14.1. The van der Waals surface area contributed by atoms with E-state index < -0.39 is 0 Å². The Morgan fingerprint density at radius 1 is 1.08 bits per heavy atom. The van der Waals surface area contributed by atoms with Gasteiger partial charge in [0.1, 0.15) is 0 Å². The van der Waals surface area contributed by atoms with Crippen molar-refractivity contribution >= 4 is 23.5 Å². The van der Waals surface area contributed by atoms with Crippen LogP contribution in [0, 0.1) is 5.92 Å². The number of hydrogen-bond donors (Lipinski definition) is 1. The highest BCUT2D eigenvalue weighted by molar-refractivity contribution is 7.99. The van der Waals surface area contributed by atoms with Gasteiger partial charge in [0, 0.05) is 17.4 Å². The summed E-state index contributed by atoms with van der Waals surface area (Å²) in [5.74, 6) is 2.45. The molecule has 0 saturated carbocycles. The zero-order chi connectivity index (χ0) is 17.1. The summed E-state index contributed by atoms with van der Waals surface area (Å²) >= 11 is 1.98. The van der Waals surface area contributed by atoms with Crippen LogP contribution in [0.4, 0.5) is 0 Å². The normalized spacial score (nSPS) is 24.3. The molecule has 0 aromatic heterocycles. The van der Waals surface area contributed by atoms with Crippen molar-refractivity contribution in [3.63, 3.8) is 0 Å². The fourth-order valence-electron chi connectivity index (χ4n) is 3.69. The monoisotopic (exact) mass is 350 g/mol. The molecule has 2 unspecified atom stereocenters. The molecule has 4 heteroatoms. The second-order valence-corrected chi connectivity index (χ2v) is 7.46. The first-order valence-electron chi connectivity index (χ1n) is 8.71. The number of hydrogen-bond acceptors (Lipinski definition) is 4. The molecule has 2 aliphatic heterocycles. The third-order valence-electron chi connectivity index (χ3n) is 4.78. The summed E-state index contributed by atoms with van der Waals surface area (Å²) in [6.45, 7) is 0.695. The minimum atomic E-state index is 0.123. The first-order chi connectivity index (χ1) is 12.4. The highest BCUT2D eigenvalue weighted by Gasteiger charge is 2.41. The van der Waals surface area contributed by atoms with Crippen molar-refractivity contribution in [3.8, 4) is 0 Å². The Morgan fingerprint density at radius 3 is 2.52 bits per heavy atom. The van der Waals surface area contributed by atoms with Gasteiger partial charge in [-0.3, -0.25) is 5.01 Å². The topological polar surface area (TPSA) is 35.8 Å². The Morgan fingerprint density at radius 2 is 1.80 bits per heavy atom. The maximum Gasteiger partial charge on any atom is 0.0813 e. The van der Waals surface area contributed by atoms with Gasteiger partial charge in [-0.2, -0.15) is 16.9 Å². The summed E-state index contributed by atoms with van der Waals surface area (Å²) in [7, 11) is 0. The number of thioether (sulfide) groups is 1. The molecule has 1 saturated heterocycles. The lowest BCUT2D eigenvalue weighted by molar-refractivity contribution is 0.158. The standard InChI is InChI=1S/C21H22N2OS/c24-12-11-23-21(17-9-5-2-6-10-17)19-15-25-14-18(20(19)22-23)13-16-7-3-1-4-8-16/h1-10,13,19,21,24H,11-12,14-15H2. The van der Waals surface area contributed by atoms with Crippen molar-refractivity contribution in [2.24, 2.45) is 11.0 Å². The number of fused-ring (bicyclic) bond motifs is 1. The first kappa shape index (κ1) is 16.4. The van der Waals surface area contributed by atoms with Crippen molar-refractivity contribution < 1.29 is 5.11 Å². The van der Waals surface area contributed by atoms with Crippen molar-refractivity contribution in [2.75, 3.05) is 24.7 Å². The average Bonchev–Trinajstić information content (AvgIpc) is 3.03. The molecule has 1 fully saturated rings. The average molecular weight is 350 g/mol. The summed E-state index contributed by atoms with van der Waals surface area (Å²) in [6.07, 6.45) is 2.27. The molecular formula is C21H22N2OS. The van der Waals surface area contributed by atoms with Crippen LogP contribution in [0.3, 0.4) is 0 Å². The van der Waals surface area contributed by atoms with Gasteiger partial charge >= 0.3 is 0 Å². The quantitative estimate of drug-likeness (QED) is 0.910. The van der Waals surface area contributed by atoms with E-state index in [4.69, 9.17) is 5.10 Å².